The van der Waals surface area contributed by atoms with Gasteiger partial charge in [-0.15, -0.1) is 0 Å². The van der Waals surface area contributed by atoms with Gasteiger partial charge in [0, 0.05) is 0 Å². The van der Waals surface area contributed by atoms with Crippen molar-refractivity contribution in [1.82, 2.24) is 20.1 Å². The molecule has 8 heteroatoms. The van der Waals surface area contributed by atoms with E-state index in [1.165, 1.54) is 11.8 Å². The monoisotopic (exact) mass is 289 g/mol. The molecule has 3 rings (SSSR count). The van der Waals surface area contributed by atoms with Crippen LogP contribution in [0, 0.1) is 6.92 Å². The highest BCUT2D eigenvalue weighted by atomic mass is 32.2. The van der Waals surface area contributed by atoms with Crippen molar-refractivity contribution in [2.24, 2.45) is 0 Å². The molecule has 0 atom stereocenters. The van der Waals surface area contributed by atoms with Gasteiger partial charge >= 0.3 is 6.01 Å². The first kappa shape index (κ1) is 12.7. The van der Waals surface area contributed by atoms with E-state index < -0.39 is 0 Å². The number of anilines is 1. The Morgan fingerprint density at radius 1 is 1.40 bits per heavy atom. The SMILES string of the molecule is Cc1noc(NC(=O)CSc2nc3ccccc3[nH]2)n1. The molecule has 102 valence electrons. The highest BCUT2D eigenvalue weighted by Crippen LogP contribution is 2.19. The molecule has 0 saturated heterocycles. The topological polar surface area (TPSA) is 96.7 Å². The Hall–Kier alpha value is -2.35. The molecule has 0 unspecified atom stereocenters. The lowest BCUT2D eigenvalue weighted by atomic mass is 10.3. The number of aromatic nitrogens is 4. The van der Waals surface area contributed by atoms with Crippen LogP contribution in [0.1, 0.15) is 5.82 Å². The summed E-state index contributed by atoms with van der Waals surface area (Å²) in [7, 11) is 0. The number of hydrogen-bond donors (Lipinski definition) is 2. The quantitative estimate of drug-likeness (QED) is 0.713. The third-order valence-corrected chi connectivity index (χ3v) is 3.35. The maximum absolute atomic E-state index is 11.7. The summed E-state index contributed by atoms with van der Waals surface area (Å²) in [6.07, 6.45) is 0. The maximum Gasteiger partial charge on any atom is 0.328 e. The van der Waals surface area contributed by atoms with Crippen LogP contribution in [-0.4, -0.2) is 31.8 Å². The molecule has 0 fully saturated rings. The summed E-state index contributed by atoms with van der Waals surface area (Å²) >= 11 is 1.31. The standard InChI is InChI=1S/C12H11N5O2S/c1-7-13-11(19-17-7)16-10(18)6-20-12-14-8-4-2-3-5-9(8)15-12/h2-5H,6H2,1H3,(H,14,15)(H,13,16,17,18). The molecule has 0 radical (unpaired) electrons. The van der Waals surface area contributed by atoms with E-state index in [1.807, 2.05) is 24.3 Å². The molecule has 2 N–H and O–H groups in total. The van der Waals surface area contributed by atoms with Crippen molar-refractivity contribution >= 4 is 34.7 Å². The number of benzene rings is 1. The fourth-order valence-corrected chi connectivity index (χ4v) is 2.32. The summed E-state index contributed by atoms with van der Waals surface area (Å²) in [6.45, 7) is 1.68. The van der Waals surface area contributed by atoms with Crippen molar-refractivity contribution in [3.05, 3.63) is 30.1 Å². The van der Waals surface area contributed by atoms with E-state index in [1.54, 1.807) is 6.92 Å². The predicted octanol–water partition coefficient (Wildman–Crippen LogP) is 1.99. The number of nitrogens with one attached hydrogen (secondary N) is 2. The van der Waals surface area contributed by atoms with Crippen molar-refractivity contribution in [3.8, 4) is 0 Å². The molecule has 0 saturated carbocycles. The van der Waals surface area contributed by atoms with Crippen LogP contribution in [0.15, 0.2) is 33.9 Å². The normalized spacial score (nSPS) is 10.8. The zero-order valence-electron chi connectivity index (χ0n) is 10.6. The Bertz CT molecular complexity index is 718. The minimum atomic E-state index is -0.223. The summed E-state index contributed by atoms with van der Waals surface area (Å²) in [5.41, 5.74) is 1.82. The van der Waals surface area contributed by atoms with Gasteiger partial charge in [-0.25, -0.2) is 4.98 Å². The van der Waals surface area contributed by atoms with Crippen LogP contribution >= 0.6 is 11.8 Å². The predicted molar refractivity (Wildman–Crippen MR) is 74.5 cm³/mol. The molecule has 0 aliphatic carbocycles. The number of carbonyl (C=O) groups excluding carboxylic acids is 1. The minimum Gasteiger partial charge on any atom is -0.333 e. The molecule has 0 spiro atoms. The van der Waals surface area contributed by atoms with Gasteiger partial charge in [-0.1, -0.05) is 29.1 Å². The molecule has 0 bridgehead atoms. The number of fused-ring (bicyclic) bond motifs is 1. The van der Waals surface area contributed by atoms with Gasteiger partial charge in [0.2, 0.25) is 5.91 Å². The number of aryl methyl sites for hydroxylation is 1. The molecule has 1 amide bonds. The third-order valence-electron chi connectivity index (χ3n) is 2.48. The first-order valence-corrected chi connectivity index (χ1v) is 6.87. The van der Waals surface area contributed by atoms with Gasteiger partial charge in [0.05, 0.1) is 16.8 Å². The fourth-order valence-electron chi connectivity index (χ4n) is 1.63. The van der Waals surface area contributed by atoms with Gasteiger partial charge in [0.1, 0.15) is 0 Å². The maximum atomic E-state index is 11.7. The molecular formula is C12H11N5O2S. The Morgan fingerprint density at radius 2 is 2.25 bits per heavy atom. The second-order valence-electron chi connectivity index (χ2n) is 4.04. The number of nitrogens with zero attached hydrogens (tertiary/aromatic N) is 3. The van der Waals surface area contributed by atoms with Crippen molar-refractivity contribution in [1.29, 1.82) is 0 Å². The van der Waals surface area contributed by atoms with E-state index in [-0.39, 0.29) is 17.7 Å². The lowest BCUT2D eigenvalue weighted by Gasteiger charge is -1.97. The summed E-state index contributed by atoms with van der Waals surface area (Å²) in [5.74, 6) is 0.464. The van der Waals surface area contributed by atoms with E-state index in [0.717, 1.165) is 11.0 Å². The van der Waals surface area contributed by atoms with Crippen molar-refractivity contribution in [3.63, 3.8) is 0 Å². The molecule has 2 heterocycles. The van der Waals surface area contributed by atoms with Crippen LogP contribution in [0.25, 0.3) is 11.0 Å². The molecule has 0 aliphatic heterocycles. The number of aromatic amines is 1. The van der Waals surface area contributed by atoms with E-state index in [4.69, 9.17) is 4.52 Å². The number of amides is 1. The van der Waals surface area contributed by atoms with E-state index in [9.17, 15) is 4.79 Å². The highest BCUT2D eigenvalue weighted by molar-refractivity contribution is 7.99. The Labute approximate surface area is 118 Å². The Kier molecular flexibility index (Phi) is 3.38. The summed E-state index contributed by atoms with van der Waals surface area (Å²) < 4.78 is 4.81. The average molecular weight is 289 g/mol. The summed E-state index contributed by atoms with van der Waals surface area (Å²) in [5, 5.41) is 6.81. The van der Waals surface area contributed by atoms with Crippen LogP contribution < -0.4 is 5.32 Å². The molecule has 1 aromatic carbocycles. The molecule has 7 nitrogen and oxygen atoms in total. The van der Waals surface area contributed by atoms with Crippen LogP contribution in [0.2, 0.25) is 0 Å². The number of thioether (sulfide) groups is 1. The van der Waals surface area contributed by atoms with Crippen LogP contribution in [0.4, 0.5) is 6.01 Å². The van der Waals surface area contributed by atoms with E-state index >= 15 is 0 Å². The smallest absolute Gasteiger partial charge is 0.328 e. The first-order valence-electron chi connectivity index (χ1n) is 5.88. The van der Waals surface area contributed by atoms with Crippen molar-refractivity contribution in [2.75, 3.05) is 11.1 Å². The second-order valence-corrected chi connectivity index (χ2v) is 5.01. The average Bonchev–Trinajstić information content (AvgIpc) is 3.02. The number of rotatable bonds is 4. The number of para-hydroxylation sites is 2. The highest BCUT2D eigenvalue weighted by Gasteiger charge is 2.10. The number of imidazole rings is 1. The Balaban J connectivity index is 1.59. The van der Waals surface area contributed by atoms with Gasteiger partial charge < -0.3 is 9.51 Å². The largest absolute Gasteiger partial charge is 0.333 e. The molecule has 2 aromatic heterocycles. The van der Waals surface area contributed by atoms with Crippen molar-refractivity contribution in [2.45, 2.75) is 12.1 Å². The van der Waals surface area contributed by atoms with Crippen LogP contribution in [-0.2, 0) is 4.79 Å². The van der Waals surface area contributed by atoms with Crippen LogP contribution in [0.5, 0.6) is 0 Å². The summed E-state index contributed by atoms with van der Waals surface area (Å²) in [6, 6.07) is 7.81. The number of carbonyl (C=O) groups is 1. The molecular weight excluding hydrogens is 278 g/mol. The van der Waals surface area contributed by atoms with E-state index in [2.05, 4.69) is 25.4 Å². The molecule has 20 heavy (non-hydrogen) atoms. The Morgan fingerprint density at radius 3 is 3.00 bits per heavy atom. The third kappa shape index (κ3) is 2.80. The van der Waals surface area contributed by atoms with Gasteiger partial charge in [-0.3, -0.25) is 10.1 Å². The minimum absolute atomic E-state index is 0.109. The fraction of sp³-hybridized carbons (Fsp3) is 0.167. The lowest BCUT2D eigenvalue weighted by Crippen LogP contribution is -2.14. The second kappa shape index (κ2) is 5.33. The van der Waals surface area contributed by atoms with Gasteiger partial charge in [-0.2, -0.15) is 4.98 Å². The first-order chi connectivity index (χ1) is 9.70. The van der Waals surface area contributed by atoms with Gasteiger partial charge in [0.15, 0.2) is 11.0 Å². The van der Waals surface area contributed by atoms with Gasteiger partial charge in [-0.05, 0) is 19.1 Å². The van der Waals surface area contributed by atoms with Crippen LogP contribution in [0.3, 0.4) is 0 Å². The van der Waals surface area contributed by atoms with Crippen molar-refractivity contribution < 1.29 is 9.32 Å². The summed E-state index contributed by atoms with van der Waals surface area (Å²) in [4.78, 5) is 23.1. The van der Waals surface area contributed by atoms with E-state index in [0.29, 0.717) is 11.0 Å². The number of hydrogen-bond acceptors (Lipinski definition) is 6. The molecule has 0 aliphatic rings. The molecule has 3 aromatic rings. The number of H-pyrrole nitrogens is 1. The van der Waals surface area contributed by atoms with Gasteiger partial charge in [0.25, 0.3) is 0 Å². The lowest BCUT2D eigenvalue weighted by molar-refractivity contribution is -0.114. The zero-order chi connectivity index (χ0) is 13.9. The zero-order valence-corrected chi connectivity index (χ0v) is 11.4.